The van der Waals surface area contributed by atoms with Crippen LogP contribution in [0.1, 0.15) is 54.4 Å². The lowest BCUT2D eigenvalue weighted by atomic mass is 10.4. The van der Waals surface area contributed by atoms with E-state index in [-0.39, 0.29) is 0 Å². The van der Waals surface area contributed by atoms with Crippen LogP contribution in [-0.4, -0.2) is 43.5 Å². The Hall–Kier alpha value is -0.246. The maximum atomic E-state index is 6.17. The van der Waals surface area contributed by atoms with Crippen LogP contribution >= 0.6 is 0 Å². The molecule has 6 heteroatoms. The first kappa shape index (κ1) is 25.8. The van der Waals surface area contributed by atoms with Crippen LogP contribution in [0.5, 0.6) is 0 Å². The third kappa shape index (κ3) is 10.2. The lowest BCUT2D eigenvalue weighted by Crippen LogP contribution is -2.43. The summed E-state index contributed by atoms with van der Waals surface area (Å²) in [7, 11) is -4.28. The van der Waals surface area contributed by atoms with Gasteiger partial charge in [0.05, 0.1) is 0 Å². The summed E-state index contributed by atoms with van der Waals surface area (Å²) in [5.74, 6) is 0. The minimum atomic E-state index is -2.14. The zero-order chi connectivity index (χ0) is 19.7. The molecular formula is C20H42O4Si2. The predicted molar refractivity (Wildman–Crippen MR) is 116 cm³/mol. The molecule has 0 bridgehead atoms. The molecule has 0 unspecified atom stereocenters. The summed E-state index contributed by atoms with van der Waals surface area (Å²) in [6.45, 7) is 15.3. The van der Waals surface area contributed by atoms with E-state index in [1.54, 1.807) is 0 Å². The highest BCUT2D eigenvalue weighted by Crippen LogP contribution is 2.27. The van der Waals surface area contributed by atoms with E-state index in [9.17, 15) is 0 Å². The van der Waals surface area contributed by atoms with Gasteiger partial charge in [-0.25, -0.2) is 0 Å². The van der Waals surface area contributed by atoms with Gasteiger partial charge in [-0.05, 0) is 53.6 Å². The second-order valence-electron chi connectivity index (χ2n) is 6.31. The van der Waals surface area contributed by atoms with Gasteiger partial charge in [0, 0.05) is 38.5 Å². The zero-order valence-electron chi connectivity index (χ0n) is 18.0. The van der Waals surface area contributed by atoms with Crippen LogP contribution in [0.15, 0.2) is 24.3 Å². The van der Waals surface area contributed by atoms with E-state index in [4.69, 9.17) is 17.7 Å². The Labute approximate surface area is 164 Å². The summed E-state index contributed by atoms with van der Waals surface area (Å²) in [6, 6.07) is 3.93. The molecule has 26 heavy (non-hydrogen) atoms. The standard InChI is InChI=1S/C20H42O4Si2/c1-7-13-17-25(21-9-3,22-10-4)19-15-16-20-26(23-11-5,24-12-6)18-14-8-2/h7-8,13-14H,9-12,15-20H2,1-6H3. The molecule has 0 heterocycles. The molecule has 0 rings (SSSR count). The highest BCUT2D eigenvalue weighted by atomic mass is 28.4. The molecule has 0 aliphatic rings. The molecule has 0 spiro atoms. The van der Waals surface area contributed by atoms with Crippen LogP contribution in [0.2, 0.25) is 24.2 Å². The van der Waals surface area contributed by atoms with Gasteiger partial charge in [0.1, 0.15) is 0 Å². The van der Waals surface area contributed by atoms with Gasteiger partial charge < -0.3 is 17.7 Å². The molecule has 0 amide bonds. The summed E-state index contributed by atoms with van der Waals surface area (Å²) < 4.78 is 24.7. The molecule has 0 aliphatic carbocycles. The zero-order valence-corrected chi connectivity index (χ0v) is 20.0. The number of hydrogen-bond donors (Lipinski definition) is 0. The van der Waals surface area contributed by atoms with Crippen molar-refractivity contribution in [2.45, 2.75) is 78.6 Å². The molecule has 154 valence electrons. The van der Waals surface area contributed by atoms with E-state index < -0.39 is 17.1 Å². The van der Waals surface area contributed by atoms with Crippen molar-refractivity contribution in [3.63, 3.8) is 0 Å². The Kier molecular flexibility index (Phi) is 15.6. The molecule has 0 aromatic carbocycles. The molecule has 0 fully saturated rings. The van der Waals surface area contributed by atoms with Crippen LogP contribution in [-0.2, 0) is 17.7 Å². The highest BCUT2D eigenvalue weighted by Gasteiger charge is 2.38. The van der Waals surface area contributed by atoms with Crippen LogP contribution in [0.3, 0.4) is 0 Å². The number of hydrogen-bond acceptors (Lipinski definition) is 4. The monoisotopic (exact) mass is 402 g/mol. The summed E-state index contributed by atoms with van der Waals surface area (Å²) in [5, 5.41) is 0. The molecule has 0 atom stereocenters. The fourth-order valence-electron chi connectivity index (χ4n) is 3.25. The second kappa shape index (κ2) is 15.8. The first-order chi connectivity index (χ1) is 12.6. The van der Waals surface area contributed by atoms with Gasteiger partial charge in [-0.2, -0.15) is 0 Å². The van der Waals surface area contributed by atoms with E-state index in [1.165, 1.54) is 0 Å². The molecular weight excluding hydrogens is 360 g/mol. The average molecular weight is 403 g/mol. The molecule has 0 aromatic heterocycles. The Bertz CT molecular complexity index is 338. The topological polar surface area (TPSA) is 36.9 Å². The largest absolute Gasteiger partial charge is 0.394 e. The fraction of sp³-hybridized carbons (Fsp3) is 0.800. The molecule has 0 radical (unpaired) electrons. The van der Waals surface area contributed by atoms with Crippen molar-refractivity contribution in [3.05, 3.63) is 24.3 Å². The van der Waals surface area contributed by atoms with E-state index in [2.05, 4.69) is 65.8 Å². The number of rotatable bonds is 17. The number of unbranched alkanes of at least 4 members (excludes halogenated alkanes) is 1. The van der Waals surface area contributed by atoms with Gasteiger partial charge in [-0.15, -0.1) is 0 Å². The van der Waals surface area contributed by atoms with Crippen molar-refractivity contribution in [1.29, 1.82) is 0 Å². The maximum Gasteiger partial charge on any atom is 0.342 e. The van der Waals surface area contributed by atoms with Crippen LogP contribution in [0.25, 0.3) is 0 Å². The summed E-state index contributed by atoms with van der Waals surface area (Å²) in [6.07, 6.45) is 10.8. The normalized spacial score (nSPS) is 13.3. The molecule has 0 saturated carbocycles. The number of allylic oxidation sites excluding steroid dienone is 4. The SMILES string of the molecule is CC=CC[Si](CCCC[Si](CC=CC)(OCC)OCC)(OCC)OCC. The second-order valence-corrected chi connectivity index (χ2v) is 12.9. The Balaban J connectivity index is 4.86. The van der Waals surface area contributed by atoms with Crippen molar-refractivity contribution in [2.24, 2.45) is 0 Å². The molecule has 0 aliphatic heterocycles. The van der Waals surface area contributed by atoms with Crippen molar-refractivity contribution >= 4 is 17.1 Å². The van der Waals surface area contributed by atoms with Crippen molar-refractivity contribution in [3.8, 4) is 0 Å². The van der Waals surface area contributed by atoms with E-state index >= 15 is 0 Å². The summed E-state index contributed by atoms with van der Waals surface area (Å²) in [5.41, 5.74) is 0. The minimum Gasteiger partial charge on any atom is -0.394 e. The van der Waals surface area contributed by atoms with Crippen LogP contribution in [0.4, 0.5) is 0 Å². The van der Waals surface area contributed by atoms with Gasteiger partial charge in [0.25, 0.3) is 0 Å². The first-order valence-corrected chi connectivity index (χ1v) is 14.8. The van der Waals surface area contributed by atoms with E-state index in [1.807, 2.05) is 0 Å². The lowest BCUT2D eigenvalue weighted by Gasteiger charge is -2.31. The maximum absolute atomic E-state index is 6.17. The van der Waals surface area contributed by atoms with E-state index in [0.717, 1.165) is 63.4 Å². The first-order valence-electron chi connectivity index (χ1n) is 10.4. The van der Waals surface area contributed by atoms with Crippen LogP contribution in [0, 0.1) is 0 Å². The van der Waals surface area contributed by atoms with Crippen LogP contribution < -0.4 is 0 Å². The van der Waals surface area contributed by atoms with Crippen molar-refractivity contribution in [2.75, 3.05) is 26.4 Å². The molecule has 4 nitrogen and oxygen atoms in total. The quantitative estimate of drug-likeness (QED) is 0.171. The Morgan fingerprint density at radius 2 is 0.885 bits per heavy atom. The highest BCUT2D eigenvalue weighted by molar-refractivity contribution is 6.68. The predicted octanol–water partition coefficient (Wildman–Crippen LogP) is 5.95. The lowest BCUT2D eigenvalue weighted by molar-refractivity contribution is 0.180. The summed E-state index contributed by atoms with van der Waals surface area (Å²) >= 11 is 0. The molecule has 0 aromatic rings. The third-order valence-electron chi connectivity index (χ3n) is 4.32. The van der Waals surface area contributed by atoms with Gasteiger partial charge in [-0.1, -0.05) is 37.1 Å². The minimum absolute atomic E-state index is 0.724. The third-order valence-corrected chi connectivity index (χ3v) is 11.5. The smallest absolute Gasteiger partial charge is 0.342 e. The van der Waals surface area contributed by atoms with Gasteiger partial charge in [0.15, 0.2) is 0 Å². The van der Waals surface area contributed by atoms with E-state index in [0.29, 0.717) is 0 Å². The molecule has 0 N–H and O–H groups in total. The van der Waals surface area contributed by atoms with Crippen molar-refractivity contribution in [1.82, 2.24) is 0 Å². The Morgan fingerprint density at radius 3 is 1.12 bits per heavy atom. The van der Waals surface area contributed by atoms with Gasteiger partial charge >= 0.3 is 17.1 Å². The summed E-state index contributed by atoms with van der Waals surface area (Å²) in [4.78, 5) is 0. The Morgan fingerprint density at radius 1 is 0.577 bits per heavy atom. The van der Waals surface area contributed by atoms with Gasteiger partial charge in [-0.3, -0.25) is 0 Å². The van der Waals surface area contributed by atoms with Crippen molar-refractivity contribution < 1.29 is 17.7 Å². The fourth-order valence-corrected chi connectivity index (χ4v) is 9.74. The average Bonchev–Trinajstić information content (AvgIpc) is 2.63. The van der Waals surface area contributed by atoms with Gasteiger partial charge in [0.2, 0.25) is 0 Å². The molecule has 0 saturated heterocycles.